The van der Waals surface area contributed by atoms with Crippen molar-refractivity contribution >= 4 is 11.6 Å². The highest BCUT2D eigenvalue weighted by Gasteiger charge is 2.54. The molecule has 1 spiro atoms. The second kappa shape index (κ2) is 4.54. The molecule has 2 saturated carbocycles. The molecule has 98 valence electrons. The lowest BCUT2D eigenvalue weighted by atomic mass is 9.47. The molecule has 0 atom stereocenters. The van der Waals surface area contributed by atoms with Gasteiger partial charge in [-0.05, 0) is 48.8 Å². The van der Waals surface area contributed by atoms with E-state index in [2.05, 4.69) is 18.2 Å². The first-order valence-electron chi connectivity index (χ1n) is 7.14. The van der Waals surface area contributed by atoms with Crippen LogP contribution in [0.15, 0.2) is 24.3 Å². The molecule has 3 rings (SSSR count). The Morgan fingerprint density at radius 2 is 1.83 bits per heavy atom. The molecule has 0 unspecified atom stereocenters. The van der Waals surface area contributed by atoms with Gasteiger partial charge in [-0.15, -0.1) is 0 Å². The number of nitrogens with two attached hydrogens (primary N) is 1. The minimum atomic E-state index is 0.211. The quantitative estimate of drug-likeness (QED) is 0.847. The zero-order chi connectivity index (χ0) is 12.6. The van der Waals surface area contributed by atoms with Gasteiger partial charge < -0.3 is 5.73 Å². The van der Waals surface area contributed by atoms with Gasteiger partial charge in [-0.2, -0.15) is 0 Å². The van der Waals surface area contributed by atoms with Gasteiger partial charge in [0.1, 0.15) is 0 Å². The van der Waals surface area contributed by atoms with E-state index in [1.54, 1.807) is 0 Å². The molecule has 2 aliphatic rings. The zero-order valence-electron chi connectivity index (χ0n) is 10.9. The van der Waals surface area contributed by atoms with Crippen molar-refractivity contribution in [1.29, 1.82) is 0 Å². The predicted octanol–water partition coefficient (Wildman–Crippen LogP) is 4.28. The monoisotopic (exact) mass is 263 g/mol. The number of hydrogen-bond donors (Lipinski definition) is 1. The average molecular weight is 264 g/mol. The second-order valence-corrected chi connectivity index (χ2v) is 6.85. The van der Waals surface area contributed by atoms with Crippen LogP contribution in [-0.4, -0.2) is 6.54 Å². The molecule has 1 aromatic carbocycles. The van der Waals surface area contributed by atoms with Gasteiger partial charge in [0.2, 0.25) is 0 Å². The van der Waals surface area contributed by atoms with E-state index >= 15 is 0 Å². The fourth-order valence-electron chi connectivity index (χ4n) is 4.32. The number of benzene rings is 1. The summed E-state index contributed by atoms with van der Waals surface area (Å²) in [6, 6.07) is 8.32. The van der Waals surface area contributed by atoms with E-state index in [0.29, 0.717) is 5.41 Å². The Labute approximate surface area is 115 Å². The molecule has 18 heavy (non-hydrogen) atoms. The van der Waals surface area contributed by atoms with Gasteiger partial charge in [0.25, 0.3) is 0 Å². The van der Waals surface area contributed by atoms with E-state index in [4.69, 9.17) is 17.3 Å². The summed E-state index contributed by atoms with van der Waals surface area (Å²) >= 11 is 6.13. The second-order valence-electron chi connectivity index (χ2n) is 6.41. The van der Waals surface area contributed by atoms with Crippen LogP contribution in [0.5, 0.6) is 0 Å². The Morgan fingerprint density at radius 1 is 1.11 bits per heavy atom. The third kappa shape index (κ3) is 1.98. The van der Waals surface area contributed by atoms with Crippen LogP contribution in [0.4, 0.5) is 0 Å². The molecule has 0 saturated heterocycles. The molecule has 0 amide bonds. The SMILES string of the molecule is NCC1(c2cccc(Cl)c2)CC2(CCCCC2)C1. The van der Waals surface area contributed by atoms with Gasteiger partial charge in [-0.3, -0.25) is 0 Å². The Balaban J connectivity index is 1.82. The van der Waals surface area contributed by atoms with Crippen molar-refractivity contribution in [2.75, 3.05) is 6.54 Å². The Kier molecular flexibility index (Phi) is 3.15. The van der Waals surface area contributed by atoms with Crippen molar-refractivity contribution in [3.8, 4) is 0 Å². The highest BCUT2D eigenvalue weighted by atomic mass is 35.5. The first-order chi connectivity index (χ1) is 8.68. The topological polar surface area (TPSA) is 26.0 Å². The maximum atomic E-state index is 6.13. The fraction of sp³-hybridized carbons (Fsp3) is 0.625. The molecule has 1 aromatic rings. The van der Waals surface area contributed by atoms with E-state index in [9.17, 15) is 0 Å². The number of halogens is 1. The van der Waals surface area contributed by atoms with Crippen LogP contribution in [-0.2, 0) is 5.41 Å². The summed E-state index contributed by atoms with van der Waals surface area (Å²) in [5.41, 5.74) is 8.27. The van der Waals surface area contributed by atoms with Gasteiger partial charge >= 0.3 is 0 Å². The minimum absolute atomic E-state index is 0.211. The summed E-state index contributed by atoms with van der Waals surface area (Å²) in [7, 11) is 0. The summed E-state index contributed by atoms with van der Waals surface area (Å²) in [5, 5.41) is 0.838. The molecule has 0 aromatic heterocycles. The largest absolute Gasteiger partial charge is 0.330 e. The fourth-order valence-corrected chi connectivity index (χ4v) is 4.51. The normalized spacial score (nSPS) is 24.8. The van der Waals surface area contributed by atoms with E-state index in [1.807, 2.05) is 6.07 Å². The van der Waals surface area contributed by atoms with Gasteiger partial charge in [0.05, 0.1) is 0 Å². The van der Waals surface area contributed by atoms with Crippen LogP contribution >= 0.6 is 11.6 Å². The van der Waals surface area contributed by atoms with E-state index in [1.165, 1.54) is 50.5 Å². The van der Waals surface area contributed by atoms with Crippen molar-refractivity contribution < 1.29 is 0 Å². The first kappa shape index (κ1) is 12.5. The summed E-state index contributed by atoms with van der Waals surface area (Å²) in [6.45, 7) is 0.759. The molecule has 0 radical (unpaired) electrons. The molecular formula is C16H22ClN. The lowest BCUT2D eigenvalue weighted by Crippen LogP contribution is -2.54. The molecule has 0 heterocycles. The number of rotatable bonds is 2. The van der Waals surface area contributed by atoms with Crippen LogP contribution in [0, 0.1) is 5.41 Å². The average Bonchev–Trinajstić information content (AvgIpc) is 2.36. The molecule has 2 heteroatoms. The van der Waals surface area contributed by atoms with Gasteiger partial charge in [0.15, 0.2) is 0 Å². The van der Waals surface area contributed by atoms with Gasteiger partial charge in [-0.25, -0.2) is 0 Å². The summed E-state index contributed by atoms with van der Waals surface area (Å²) < 4.78 is 0. The zero-order valence-corrected chi connectivity index (χ0v) is 11.7. The maximum absolute atomic E-state index is 6.13. The van der Waals surface area contributed by atoms with Crippen LogP contribution in [0.25, 0.3) is 0 Å². The van der Waals surface area contributed by atoms with Crippen molar-refractivity contribution in [2.45, 2.75) is 50.4 Å². The predicted molar refractivity (Wildman–Crippen MR) is 76.9 cm³/mol. The lowest BCUT2D eigenvalue weighted by molar-refractivity contribution is -0.00833. The van der Waals surface area contributed by atoms with Gasteiger partial charge in [0, 0.05) is 17.0 Å². The molecule has 0 aliphatic heterocycles. The third-order valence-corrected chi connectivity index (χ3v) is 5.40. The molecule has 0 bridgehead atoms. The Bertz CT molecular complexity index is 426. The lowest BCUT2D eigenvalue weighted by Gasteiger charge is -2.58. The highest BCUT2D eigenvalue weighted by molar-refractivity contribution is 6.30. The van der Waals surface area contributed by atoms with E-state index in [0.717, 1.165) is 11.6 Å². The third-order valence-electron chi connectivity index (χ3n) is 5.17. The van der Waals surface area contributed by atoms with Crippen molar-refractivity contribution in [1.82, 2.24) is 0 Å². The van der Waals surface area contributed by atoms with E-state index in [-0.39, 0.29) is 5.41 Å². The number of hydrogen-bond acceptors (Lipinski definition) is 1. The summed E-state index contributed by atoms with van der Waals surface area (Å²) in [4.78, 5) is 0. The smallest absolute Gasteiger partial charge is 0.0408 e. The van der Waals surface area contributed by atoms with Crippen molar-refractivity contribution in [3.63, 3.8) is 0 Å². The molecule has 2 N–H and O–H groups in total. The summed E-state index contributed by atoms with van der Waals surface area (Å²) in [6.07, 6.45) is 9.62. The van der Waals surface area contributed by atoms with Crippen molar-refractivity contribution in [3.05, 3.63) is 34.9 Å². The highest BCUT2D eigenvalue weighted by Crippen LogP contribution is 2.61. The summed E-state index contributed by atoms with van der Waals surface area (Å²) in [5.74, 6) is 0. The van der Waals surface area contributed by atoms with Crippen LogP contribution in [0.2, 0.25) is 5.02 Å². The molecule has 2 fully saturated rings. The maximum Gasteiger partial charge on any atom is 0.0408 e. The van der Waals surface area contributed by atoms with Crippen LogP contribution in [0.1, 0.15) is 50.5 Å². The Hall–Kier alpha value is -0.530. The molecule has 1 nitrogen and oxygen atoms in total. The van der Waals surface area contributed by atoms with Crippen LogP contribution in [0.3, 0.4) is 0 Å². The molecular weight excluding hydrogens is 242 g/mol. The minimum Gasteiger partial charge on any atom is -0.330 e. The first-order valence-corrected chi connectivity index (χ1v) is 7.52. The van der Waals surface area contributed by atoms with Crippen molar-refractivity contribution in [2.24, 2.45) is 11.1 Å². The Morgan fingerprint density at radius 3 is 2.44 bits per heavy atom. The van der Waals surface area contributed by atoms with Crippen LogP contribution < -0.4 is 5.73 Å². The van der Waals surface area contributed by atoms with E-state index < -0.39 is 0 Å². The molecule has 2 aliphatic carbocycles. The standard InChI is InChI=1S/C16H22ClN/c17-14-6-4-5-13(9-14)16(12-18)10-15(11-16)7-2-1-3-8-15/h4-6,9H,1-3,7-8,10-12,18H2. The van der Waals surface area contributed by atoms with Gasteiger partial charge in [-0.1, -0.05) is 43.0 Å².